The first-order valence-corrected chi connectivity index (χ1v) is 11.9. The van der Waals surface area contributed by atoms with Gasteiger partial charge in [0, 0.05) is 29.9 Å². The Hall–Kier alpha value is -2.47. The number of carbonyl (C=O) groups is 1. The standard InChI is InChI=1S/C24H28N4OS/c29-23(18-9-5-2-6-10-18)27-19-11-13-28(14-12-19)22-20-15-21(17-7-3-1-4-8-17)30-24(20)26-16-25-22/h1,3-4,7-8,15-16,18-19H,2,5-6,9-14H2,(H,27,29). The van der Waals surface area contributed by atoms with Gasteiger partial charge in [-0.3, -0.25) is 4.79 Å². The molecule has 1 aromatic carbocycles. The van der Waals surface area contributed by atoms with Crippen LogP contribution < -0.4 is 10.2 Å². The fraction of sp³-hybridized carbons (Fsp3) is 0.458. The SMILES string of the molecule is O=C(NC1CCN(c2ncnc3sc(-c4ccccc4)cc23)CC1)C1CCCCC1. The largest absolute Gasteiger partial charge is 0.356 e. The van der Waals surface area contributed by atoms with Crippen molar-refractivity contribution in [2.24, 2.45) is 5.92 Å². The van der Waals surface area contributed by atoms with Gasteiger partial charge in [-0.1, -0.05) is 49.6 Å². The quantitative estimate of drug-likeness (QED) is 0.644. The summed E-state index contributed by atoms with van der Waals surface area (Å²) in [6, 6.07) is 13.0. The third-order valence-electron chi connectivity index (χ3n) is 6.48. The van der Waals surface area contributed by atoms with Crippen LogP contribution >= 0.6 is 11.3 Å². The number of piperidine rings is 1. The lowest BCUT2D eigenvalue weighted by Gasteiger charge is -2.34. The number of amides is 1. The number of nitrogens with zero attached hydrogens (tertiary/aromatic N) is 3. The number of fused-ring (bicyclic) bond motifs is 1. The Kier molecular flexibility index (Phi) is 5.67. The van der Waals surface area contributed by atoms with Gasteiger partial charge in [-0.05, 0) is 37.3 Å². The van der Waals surface area contributed by atoms with Gasteiger partial charge in [0.15, 0.2) is 0 Å². The molecule has 1 saturated carbocycles. The van der Waals surface area contributed by atoms with E-state index in [0.29, 0.717) is 0 Å². The molecule has 0 radical (unpaired) electrons. The van der Waals surface area contributed by atoms with Gasteiger partial charge in [0.1, 0.15) is 17.0 Å². The van der Waals surface area contributed by atoms with E-state index in [1.54, 1.807) is 17.7 Å². The van der Waals surface area contributed by atoms with Crippen LogP contribution in [0.1, 0.15) is 44.9 Å². The first-order chi connectivity index (χ1) is 14.8. The summed E-state index contributed by atoms with van der Waals surface area (Å²) in [5.74, 6) is 1.54. The van der Waals surface area contributed by atoms with E-state index in [2.05, 4.69) is 50.5 Å². The second-order valence-electron chi connectivity index (χ2n) is 8.50. The van der Waals surface area contributed by atoms with Crippen molar-refractivity contribution in [3.05, 3.63) is 42.7 Å². The average molecular weight is 421 g/mol. The van der Waals surface area contributed by atoms with Crippen molar-refractivity contribution in [3.8, 4) is 10.4 Å². The van der Waals surface area contributed by atoms with E-state index >= 15 is 0 Å². The van der Waals surface area contributed by atoms with Gasteiger partial charge in [-0.15, -0.1) is 11.3 Å². The minimum Gasteiger partial charge on any atom is -0.356 e. The molecule has 3 aromatic rings. The van der Waals surface area contributed by atoms with E-state index in [-0.39, 0.29) is 17.9 Å². The second kappa shape index (κ2) is 8.72. The Balaban J connectivity index is 1.27. The van der Waals surface area contributed by atoms with Crippen LogP contribution in [-0.2, 0) is 4.79 Å². The highest BCUT2D eigenvalue weighted by Gasteiger charge is 2.27. The number of benzene rings is 1. The Morgan fingerprint density at radius 2 is 1.77 bits per heavy atom. The monoisotopic (exact) mass is 420 g/mol. The number of carbonyl (C=O) groups excluding carboxylic acids is 1. The summed E-state index contributed by atoms with van der Waals surface area (Å²) in [4.78, 5) is 26.3. The van der Waals surface area contributed by atoms with Crippen molar-refractivity contribution in [2.45, 2.75) is 51.0 Å². The molecule has 1 aliphatic heterocycles. The molecule has 5 rings (SSSR count). The zero-order chi connectivity index (χ0) is 20.3. The molecule has 1 amide bonds. The molecule has 2 aromatic heterocycles. The molecular weight excluding hydrogens is 392 g/mol. The van der Waals surface area contributed by atoms with Crippen molar-refractivity contribution in [2.75, 3.05) is 18.0 Å². The van der Waals surface area contributed by atoms with Gasteiger partial charge < -0.3 is 10.2 Å². The first-order valence-electron chi connectivity index (χ1n) is 11.1. The highest BCUT2D eigenvalue weighted by Crippen LogP contribution is 2.36. The summed E-state index contributed by atoms with van der Waals surface area (Å²) in [5, 5.41) is 4.46. The third-order valence-corrected chi connectivity index (χ3v) is 7.58. The Morgan fingerprint density at radius 1 is 1.00 bits per heavy atom. The fourth-order valence-electron chi connectivity index (χ4n) is 4.76. The maximum atomic E-state index is 12.6. The molecule has 0 unspecified atom stereocenters. The fourth-order valence-corrected chi connectivity index (χ4v) is 5.76. The van der Waals surface area contributed by atoms with Crippen molar-refractivity contribution in [1.29, 1.82) is 0 Å². The van der Waals surface area contributed by atoms with Gasteiger partial charge in [0.05, 0.1) is 5.39 Å². The van der Waals surface area contributed by atoms with Crippen LogP contribution in [0, 0.1) is 5.92 Å². The summed E-state index contributed by atoms with van der Waals surface area (Å²) in [5.41, 5.74) is 1.22. The molecule has 1 aliphatic carbocycles. The predicted octanol–water partition coefficient (Wildman–Crippen LogP) is 5.02. The number of aromatic nitrogens is 2. The molecule has 1 N–H and O–H groups in total. The lowest BCUT2D eigenvalue weighted by Crippen LogP contribution is -2.46. The smallest absolute Gasteiger partial charge is 0.223 e. The number of hydrogen-bond acceptors (Lipinski definition) is 5. The predicted molar refractivity (Wildman–Crippen MR) is 123 cm³/mol. The molecule has 5 nitrogen and oxygen atoms in total. The molecule has 2 aliphatic rings. The van der Waals surface area contributed by atoms with Crippen LogP contribution in [-0.4, -0.2) is 35.0 Å². The van der Waals surface area contributed by atoms with Gasteiger partial charge >= 0.3 is 0 Å². The topological polar surface area (TPSA) is 58.1 Å². The molecule has 156 valence electrons. The van der Waals surface area contributed by atoms with Gasteiger partial charge in [0.25, 0.3) is 0 Å². The van der Waals surface area contributed by atoms with Crippen molar-refractivity contribution in [1.82, 2.24) is 15.3 Å². The Bertz CT molecular complexity index is 1000. The average Bonchev–Trinajstić information content (AvgIpc) is 3.25. The molecule has 0 atom stereocenters. The summed E-state index contributed by atoms with van der Waals surface area (Å²) in [7, 11) is 0. The maximum absolute atomic E-state index is 12.6. The molecule has 2 fully saturated rings. The number of rotatable bonds is 4. The van der Waals surface area contributed by atoms with Crippen molar-refractivity contribution in [3.63, 3.8) is 0 Å². The zero-order valence-corrected chi connectivity index (χ0v) is 18.0. The van der Waals surface area contributed by atoms with Crippen LogP contribution in [0.25, 0.3) is 20.7 Å². The normalized spacial score (nSPS) is 18.6. The van der Waals surface area contributed by atoms with Crippen LogP contribution in [0.3, 0.4) is 0 Å². The van der Waals surface area contributed by atoms with Crippen LogP contribution in [0.2, 0.25) is 0 Å². The summed E-state index contributed by atoms with van der Waals surface area (Å²) < 4.78 is 0. The number of anilines is 1. The Labute approximate surface area is 181 Å². The zero-order valence-electron chi connectivity index (χ0n) is 17.2. The highest BCUT2D eigenvalue weighted by molar-refractivity contribution is 7.21. The van der Waals surface area contributed by atoms with Gasteiger partial charge in [-0.25, -0.2) is 9.97 Å². The van der Waals surface area contributed by atoms with Crippen molar-refractivity contribution >= 4 is 33.3 Å². The van der Waals surface area contributed by atoms with Crippen LogP contribution in [0.15, 0.2) is 42.7 Å². The summed E-state index contributed by atoms with van der Waals surface area (Å²) >= 11 is 1.72. The van der Waals surface area contributed by atoms with E-state index < -0.39 is 0 Å². The molecule has 3 heterocycles. The second-order valence-corrected chi connectivity index (χ2v) is 9.53. The maximum Gasteiger partial charge on any atom is 0.223 e. The van der Waals surface area contributed by atoms with E-state index in [0.717, 1.165) is 54.8 Å². The summed E-state index contributed by atoms with van der Waals surface area (Å²) in [6.45, 7) is 1.83. The number of hydrogen-bond donors (Lipinski definition) is 1. The van der Waals surface area contributed by atoms with E-state index in [1.165, 1.54) is 29.7 Å². The van der Waals surface area contributed by atoms with Crippen LogP contribution in [0.5, 0.6) is 0 Å². The third kappa shape index (κ3) is 4.06. The van der Waals surface area contributed by atoms with Crippen molar-refractivity contribution < 1.29 is 4.79 Å². The molecule has 30 heavy (non-hydrogen) atoms. The highest BCUT2D eigenvalue weighted by atomic mass is 32.1. The summed E-state index contributed by atoms with van der Waals surface area (Å²) in [6.07, 6.45) is 9.43. The first kappa shape index (κ1) is 19.5. The minimum absolute atomic E-state index is 0.237. The van der Waals surface area contributed by atoms with E-state index in [1.807, 2.05) is 6.07 Å². The molecular formula is C24H28N4OS. The molecule has 0 spiro atoms. The number of nitrogens with one attached hydrogen (secondary N) is 1. The number of thiophene rings is 1. The van der Waals surface area contributed by atoms with E-state index in [9.17, 15) is 4.79 Å². The van der Waals surface area contributed by atoms with Gasteiger partial charge in [0.2, 0.25) is 5.91 Å². The van der Waals surface area contributed by atoms with Gasteiger partial charge in [-0.2, -0.15) is 0 Å². The lowest BCUT2D eigenvalue weighted by molar-refractivity contribution is -0.126. The molecule has 1 saturated heterocycles. The van der Waals surface area contributed by atoms with E-state index in [4.69, 9.17) is 0 Å². The Morgan fingerprint density at radius 3 is 2.53 bits per heavy atom. The van der Waals surface area contributed by atoms with Crippen LogP contribution in [0.4, 0.5) is 5.82 Å². The minimum atomic E-state index is 0.237. The molecule has 6 heteroatoms. The lowest BCUT2D eigenvalue weighted by atomic mass is 9.88. The molecule has 0 bridgehead atoms.